The lowest BCUT2D eigenvalue weighted by atomic mass is 9.98. The van der Waals surface area contributed by atoms with Crippen molar-refractivity contribution < 1.29 is 0 Å². The molecule has 0 spiro atoms. The highest BCUT2D eigenvalue weighted by atomic mass is 16.1. The topological polar surface area (TPSA) is 46.1 Å². The van der Waals surface area contributed by atoms with Gasteiger partial charge in [-0.25, -0.2) is 0 Å². The van der Waals surface area contributed by atoms with Gasteiger partial charge in [-0.2, -0.15) is 0 Å². The lowest BCUT2D eigenvalue weighted by Crippen LogP contribution is -2.31. The second-order valence-electron chi connectivity index (χ2n) is 5.02. The van der Waals surface area contributed by atoms with Gasteiger partial charge in [0.25, 0.3) is 5.56 Å². The second kappa shape index (κ2) is 6.59. The Morgan fingerprint density at radius 1 is 1.39 bits per heavy atom. The molecule has 18 heavy (non-hydrogen) atoms. The van der Waals surface area contributed by atoms with E-state index in [1.807, 2.05) is 12.3 Å². The molecule has 0 amide bonds. The zero-order valence-corrected chi connectivity index (χ0v) is 11.1. The zero-order chi connectivity index (χ0) is 12.8. The Balaban J connectivity index is 1.92. The molecule has 0 saturated carbocycles. The number of aryl methyl sites for hydroxylation is 1. The number of pyridine rings is 1. The van der Waals surface area contributed by atoms with Crippen LogP contribution < -0.4 is 16.2 Å². The first kappa shape index (κ1) is 13.1. The summed E-state index contributed by atoms with van der Waals surface area (Å²) in [6.07, 6.45) is 5.40. The minimum atomic E-state index is 0.0873. The molecule has 0 bridgehead atoms. The number of anilines is 1. The molecule has 1 aromatic heterocycles. The maximum Gasteiger partial charge on any atom is 0.250 e. The van der Waals surface area contributed by atoms with E-state index in [9.17, 15) is 4.79 Å². The summed E-state index contributed by atoms with van der Waals surface area (Å²) in [4.78, 5) is 11.6. The maximum absolute atomic E-state index is 11.6. The first-order chi connectivity index (χ1) is 8.79. The van der Waals surface area contributed by atoms with Crippen molar-refractivity contribution in [3.8, 4) is 0 Å². The summed E-state index contributed by atoms with van der Waals surface area (Å²) in [6.45, 7) is 6.14. The molecule has 1 aliphatic rings. The van der Waals surface area contributed by atoms with Gasteiger partial charge in [-0.15, -0.1) is 0 Å². The fourth-order valence-corrected chi connectivity index (χ4v) is 2.40. The van der Waals surface area contributed by atoms with Crippen LogP contribution >= 0.6 is 0 Å². The van der Waals surface area contributed by atoms with E-state index < -0.39 is 0 Å². The summed E-state index contributed by atoms with van der Waals surface area (Å²) in [5, 5.41) is 6.83. The molecule has 0 atom stereocenters. The molecule has 4 nitrogen and oxygen atoms in total. The van der Waals surface area contributed by atoms with Gasteiger partial charge in [-0.3, -0.25) is 4.79 Å². The van der Waals surface area contributed by atoms with Crippen molar-refractivity contribution in [1.29, 1.82) is 0 Å². The van der Waals surface area contributed by atoms with Crippen molar-refractivity contribution >= 4 is 5.69 Å². The molecule has 0 unspecified atom stereocenters. The SMILES string of the molecule is CCCn1cc(NCC2CCNCC2)ccc1=O. The molecule has 2 rings (SSSR count). The molecule has 0 aromatic carbocycles. The predicted molar refractivity (Wildman–Crippen MR) is 75.1 cm³/mol. The van der Waals surface area contributed by atoms with E-state index in [1.165, 1.54) is 12.8 Å². The van der Waals surface area contributed by atoms with Crippen molar-refractivity contribution in [2.75, 3.05) is 25.0 Å². The molecule has 0 aliphatic carbocycles. The first-order valence-corrected chi connectivity index (χ1v) is 6.94. The smallest absolute Gasteiger partial charge is 0.250 e. The summed E-state index contributed by atoms with van der Waals surface area (Å²) < 4.78 is 1.78. The van der Waals surface area contributed by atoms with Gasteiger partial charge in [0.15, 0.2) is 0 Å². The Labute approximate surface area is 108 Å². The molecule has 1 aromatic rings. The van der Waals surface area contributed by atoms with Crippen molar-refractivity contribution in [3.05, 3.63) is 28.7 Å². The van der Waals surface area contributed by atoms with Gasteiger partial charge in [-0.05, 0) is 44.3 Å². The molecular weight excluding hydrogens is 226 g/mol. The molecule has 2 heterocycles. The largest absolute Gasteiger partial charge is 0.384 e. The van der Waals surface area contributed by atoms with Gasteiger partial charge in [-0.1, -0.05) is 6.92 Å². The van der Waals surface area contributed by atoms with Gasteiger partial charge < -0.3 is 15.2 Å². The predicted octanol–water partition coefficient (Wildman–Crippen LogP) is 1.67. The van der Waals surface area contributed by atoms with Crippen molar-refractivity contribution in [2.24, 2.45) is 5.92 Å². The standard InChI is InChI=1S/C14H23N3O/c1-2-9-17-11-13(3-4-14(17)18)16-10-12-5-7-15-8-6-12/h3-4,11-12,15-16H,2,5-10H2,1H3. The Hall–Kier alpha value is -1.29. The second-order valence-corrected chi connectivity index (χ2v) is 5.02. The number of nitrogens with zero attached hydrogens (tertiary/aromatic N) is 1. The monoisotopic (exact) mass is 249 g/mol. The first-order valence-electron chi connectivity index (χ1n) is 6.94. The Kier molecular flexibility index (Phi) is 4.81. The fraction of sp³-hybridized carbons (Fsp3) is 0.643. The Bertz CT molecular complexity index is 421. The van der Waals surface area contributed by atoms with Crippen LogP contribution in [0.5, 0.6) is 0 Å². The van der Waals surface area contributed by atoms with Crippen LogP contribution in [0.15, 0.2) is 23.1 Å². The van der Waals surface area contributed by atoms with Crippen LogP contribution in [-0.2, 0) is 6.54 Å². The van der Waals surface area contributed by atoms with Crippen LogP contribution in [0.3, 0.4) is 0 Å². The van der Waals surface area contributed by atoms with Gasteiger partial charge in [0, 0.05) is 25.4 Å². The molecule has 100 valence electrons. The number of rotatable bonds is 5. The third-order valence-corrected chi connectivity index (χ3v) is 3.50. The van der Waals surface area contributed by atoms with Gasteiger partial charge in [0.05, 0.1) is 5.69 Å². The summed E-state index contributed by atoms with van der Waals surface area (Å²) in [5.74, 6) is 0.748. The third-order valence-electron chi connectivity index (χ3n) is 3.50. The quantitative estimate of drug-likeness (QED) is 0.834. The van der Waals surface area contributed by atoms with Crippen LogP contribution in [-0.4, -0.2) is 24.2 Å². The summed E-state index contributed by atoms with van der Waals surface area (Å²) in [7, 11) is 0. The van der Waals surface area contributed by atoms with Crippen LogP contribution in [0, 0.1) is 5.92 Å². The van der Waals surface area contributed by atoms with Gasteiger partial charge in [0.1, 0.15) is 0 Å². The molecule has 2 N–H and O–H groups in total. The average Bonchev–Trinajstić information content (AvgIpc) is 2.41. The van der Waals surface area contributed by atoms with Crippen molar-refractivity contribution in [3.63, 3.8) is 0 Å². The minimum absolute atomic E-state index is 0.0873. The lowest BCUT2D eigenvalue weighted by molar-refractivity contribution is 0.390. The van der Waals surface area contributed by atoms with E-state index in [0.29, 0.717) is 0 Å². The Morgan fingerprint density at radius 3 is 2.89 bits per heavy atom. The van der Waals surface area contributed by atoms with Crippen LogP contribution in [0.2, 0.25) is 0 Å². The third kappa shape index (κ3) is 3.60. The van der Waals surface area contributed by atoms with E-state index in [2.05, 4.69) is 17.6 Å². The van der Waals surface area contributed by atoms with E-state index in [0.717, 1.165) is 44.2 Å². The highest BCUT2D eigenvalue weighted by molar-refractivity contribution is 5.40. The molecule has 0 radical (unpaired) electrons. The Morgan fingerprint density at radius 2 is 2.17 bits per heavy atom. The van der Waals surface area contributed by atoms with E-state index in [4.69, 9.17) is 0 Å². The van der Waals surface area contributed by atoms with Gasteiger partial charge in [0.2, 0.25) is 0 Å². The normalized spacial score (nSPS) is 16.7. The number of hydrogen-bond donors (Lipinski definition) is 2. The molecule has 1 saturated heterocycles. The average molecular weight is 249 g/mol. The minimum Gasteiger partial charge on any atom is -0.384 e. The van der Waals surface area contributed by atoms with Crippen molar-refractivity contribution in [1.82, 2.24) is 9.88 Å². The van der Waals surface area contributed by atoms with Crippen LogP contribution in [0.25, 0.3) is 0 Å². The highest BCUT2D eigenvalue weighted by Crippen LogP contribution is 2.13. The van der Waals surface area contributed by atoms with Crippen molar-refractivity contribution in [2.45, 2.75) is 32.7 Å². The number of hydrogen-bond acceptors (Lipinski definition) is 3. The van der Waals surface area contributed by atoms with Gasteiger partial charge >= 0.3 is 0 Å². The molecular formula is C14H23N3O. The highest BCUT2D eigenvalue weighted by Gasteiger charge is 2.12. The summed E-state index contributed by atoms with van der Waals surface area (Å²) in [5.41, 5.74) is 1.14. The fourth-order valence-electron chi connectivity index (χ4n) is 2.40. The maximum atomic E-state index is 11.6. The zero-order valence-electron chi connectivity index (χ0n) is 11.1. The number of aromatic nitrogens is 1. The molecule has 1 fully saturated rings. The lowest BCUT2D eigenvalue weighted by Gasteiger charge is -2.23. The van der Waals surface area contributed by atoms with E-state index >= 15 is 0 Å². The van der Waals surface area contributed by atoms with E-state index in [-0.39, 0.29) is 5.56 Å². The van der Waals surface area contributed by atoms with E-state index in [1.54, 1.807) is 10.6 Å². The number of nitrogens with one attached hydrogen (secondary N) is 2. The van der Waals surface area contributed by atoms with Crippen LogP contribution in [0.1, 0.15) is 26.2 Å². The number of piperidine rings is 1. The summed E-state index contributed by atoms with van der Waals surface area (Å²) >= 11 is 0. The molecule has 1 aliphatic heterocycles. The molecule has 4 heteroatoms. The summed E-state index contributed by atoms with van der Waals surface area (Å²) in [6, 6.07) is 3.54. The van der Waals surface area contributed by atoms with Crippen LogP contribution in [0.4, 0.5) is 5.69 Å².